The molecule has 0 aromatic heterocycles. The van der Waals surface area contributed by atoms with Gasteiger partial charge in [0.15, 0.2) is 0 Å². The number of aliphatic hydroxyl groups is 1. The van der Waals surface area contributed by atoms with Crippen LogP contribution in [0.4, 0.5) is 0 Å². The van der Waals surface area contributed by atoms with E-state index in [0.717, 1.165) is 12.2 Å². The highest BCUT2D eigenvalue weighted by Gasteiger charge is 2.66. The van der Waals surface area contributed by atoms with Crippen LogP contribution in [-0.2, 0) is 10.3 Å². The Morgan fingerprint density at radius 3 is 2.76 bits per heavy atom. The Balaban J connectivity index is 1.45. The minimum atomic E-state index is -0.809. The summed E-state index contributed by atoms with van der Waals surface area (Å²) in [5.41, 5.74) is 0.559. The molecule has 4 unspecified atom stereocenters. The summed E-state index contributed by atoms with van der Waals surface area (Å²) in [5.74, 6) is 0.664. The van der Waals surface area contributed by atoms with Crippen LogP contribution in [0.3, 0.4) is 0 Å². The SMILES string of the molecule is CC(O)(CNC1C2CCOC2C12CCC2)c1ccccc1. The highest BCUT2D eigenvalue weighted by atomic mass is 16.5. The van der Waals surface area contributed by atoms with E-state index in [9.17, 15) is 5.11 Å². The van der Waals surface area contributed by atoms with E-state index in [2.05, 4.69) is 5.32 Å². The standard InChI is InChI=1S/C18H25NO2/c1-17(20,13-6-3-2-4-7-13)12-19-15-14-8-11-21-16(14)18(15)9-5-10-18/h2-4,6-7,14-16,19-20H,5,8-12H2,1H3. The third kappa shape index (κ3) is 1.98. The van der Waals surface area contributed by atoms with E-state index < -0.39 is 5.60 Å². The summed E-state index contributed by atoms with van der Waals surface area (Å²) in [5, 5.41) is 14.5. The number of benzene rings is 1. The maximum atomic E-state index is 10.8. The van der Waals surface area contributed by atoms with Gasteiger partial charge in [-0.3, -0.25) is 0 Å². The Kier molecular flexibility index (Phi) is 3.14. The van der Waals surface area contributed by atoms with E-state index in [1.807, 2.05) is 37.3 Å². The molecule has 4 rings (SSSR count). The number of nitrogens with one attached hydrogen (secondary N) is 1. The van der Waals surface area contributed by atoms with Crippen molar-refractivity contribution in [1.29, 1.82) is 0 Å². The lowest BCUT2D eigenvalue weighted by molar-refractivity contribution is -0.178. The average molecular weight is 287 g/mol. The summed E-state index contributed by atoms with van der Waals surface area (Å²) in [6.45, 7) is 3.45. The van der Waals surface area contributed by atoms with Crippen molar-refractivity contribution in [2.45, 2.75) is 50.4 Å². The molecule has 3 heteroatoms. The van der Waals surface area contributed by atoms with Gasteiger partial charge in [0.2, 0.25) is 0 Å². The number of fused-ring (bicyclic) bond motifs is 2. The van der Waals surface area contributed by atoms with E-state index in [1.54, 1.807) is 0 Å². The van der Waals surface area contributed by atoms with Crippen LogP contribution in [0, 0.1) is 11.3 Å². The molecular formula is C18H25NO2. The fourth-order valence-electron chi connectivity index (χ4n) is 4.77. The molecule has 1 aromatic carbocycles. The zero-order valence-electron chi connectivity index (χ0n) is 12.7. The Labute approximate surface area is 126 Å². The fourth-order valence-corrected chi connectivity index (χ4v) is 4.77. The molecule has 4 atom stereocenters. The molecule has 1 spiro atoms. The molecule has 0 radical (unpaired) electrons. The zero-order chi connectivity index (χ0) is 14.5. The topological polar surface area (TPSA) is 41.5 Å². The predicted octanol–water partition coefficient (Wildman–Crippen LogP) is 2.44. The second-order valence-corrected chi connectivity index (χ2v) is 7.33. The Morgan fingerprint density at radius 2 is 2.10 bits per heavy atom. The van der Waals surface area contributed by atoms with Gasteiger partial charge in [-0.1, -0.05) is 36.8 Å². The monoisotopic (exact) mass is 287 g/mol. The highest BCUT2D eigenvalue weighted by molar-refractivity contribution is 5.23. The van der Waals surface area contributed by atoms with Gasteiger partial charge >= 0.3 is 0 Å². The smallest absolute Gasteiger partial charge is 0.0992 e. The molecule has 1 heterocycles. The first kappa shape index (κ1) is 13.7. The van der Waals surface area contributed by atoms with Crippen LogP contribution in [0.5, 0.6) is 0 Å². The lowest BCUT2D eigenvalue weighted by Crippen LogP contribution is -2.71. The van der Waals surface area contributed by atoms with Crippen molar-refractivity contribution in [2.75, 3.05) is 13.2 Å². The van der Waals surface area contributed by atoms with Crippen LogP contribution >= 0.6 is 0 Å². The summed E-state index contributed by atoms with van der Waals surface area (Å²) in [6, 6.07) is 10.5. The first-order valence-electron chi connectivity index (χ1n) is 8.26. The normalized spacial score (nSPS) is 35.6. The van der Waals surface area contributed by atoms with E-state index in [-0.39, 0.29) is 0 Å². The molecule has 0 bridgehead atoms. The van der Waals surface area contributed by atoms with Gasteiger partial charge in [-0.15, -0.1) is 0 Å². The van der Waals surface area contributed by atoms with Crippen molar-refractivity contribution < 1.29 is 9.84 Å². The maximum absolute atomic E-state index is 10.8. The van der Waals surface area contributed by atoms with Crippen molar-refractivity contribution in [3.8, 4) is 0 Å². The van der Waals surface area contributed by atoms with Gasteiger partial charge in [-0.05, 0) is 31.7 Å². The lowest BCUT2D eigenvalue weighted by atomic mass is 9.46. The van der Waals surface area contributed by atoms with E-state index in [0.29, 0.717) is 30.0 Å². The maximum Gasteiger partial charge on any atom is 0.0992 e. The highest BCUT2D eigenvalue weighted by Crippen LogP contribution is 2.62. The van der Waals surface area contributed by atoms with Gasteiger partial charge in [0.1, 0.15) is 0 Å². The van der Waals surface area contributed by atoms with Crippen LogP contribution in [-0.4, -0.2) is 30.4 Å². The number of rotatable bonds is 4. The van der Waals surface area contributed by atoms with Crippen LogP contribution in [0.25, 0.3) is 0 Å². The summed E-state index contributed by atoms with van der Waals surface area (Å²) in [4.78, 5) is 0. The minimum absolute atomic E-state index is 0.383. The third-order valence-electron chi connectivity index (χ3n) is 6.10. The van der Waals surface area contributed by atoms with E-state index in [1.165, 1.54) is 25.7 Å². The summed E-state index contributed by atoms with van der Waals surface area (Å²) >= 11 is 0. The first-order valence-corrected chi connectivity index (χ1v) is 8.26. The van der Waals surface area contributed by atoms with Crippen molar-refractivity contribution in [2.24, 2.45) is 11.3 Å². The molecule has 2 aliphatic carbocycles. The average Bonchev–Trinajstić information content (AvgIpc) is 2.83. The number of hydrogen-bond donors (Lipinski definition) is 2. The molecule has 2 saturated carbocycles. The minimum Gasteiger partial charge on any atom is -0.384 e. The molecule has 2 N–H and O–H groups in total. The number of ether oxygens (including phenoxy) is 1. The van der Waals surface area contributed by atoms with Crippen LogP contribution in [0.2, 0.25) is 0 Å². The molecule has 3 fully saturated rings. The predicted molar refractivity (Wildman–Crippen MR) is 81.9 cm³/mol. The van der Waals surface area contributed by atoms with Gasteiger partial charge in [0, 0.05) is 30.5 Å². The van der Waals surface area contributed by atoms with Gasteiger partial charge in [0.25, 0.3) is 0 Å². The quantitative estimate of drug-likeness (QED) is 0.894. The van der Waals surface area contributed by atoms with Crippen LogP contribution in [0.15, 0.2) is 30.3 Å². The fraction of sp³-hybridized carbons (Fsp3) is 0.667. The summed E-state index contributed by atoms with van der Waals surface area (Å²) in [6.07, 6.45) is 5.58. The third-order valence-corrected chi connectivity index (χ3v) is 6.10. The van der Waals surface area contributed by atoms with E-state index >= 15 is 0 Å². The van der Waals surface area contributed by atoms with Crippen molar-refractivity contribution in [3.63, 3.8) is 0 Å². The van der Waals surface area contributed by atoms with Crippen molar-refractivity contribution in [1.82, 2.24) is 5.32 Å². The Morgan fingerprint density at radius 1 is 1.33 bits per heavy atom. The van der Waals surface area contributed by atoms with Crippen molar-refractivity contribution in [3.05, 3.63) is 35.9 Å². The van der Waals surface area contributed by atoms with Crippen LogP contribution < -0.4 is 5.32 Å². The van der Waals surface area contributed by atoms with Crippen LogP contribution in [0.1, 0.15) is 38.2 Å². The molecule has 21 heavy (non-hydrogen) atoms. The Hall–Kier alpha value is -0.900. The second-order valence-electron chi connectivity index (χ2n) is 7.33. The van der Waals surface area contributed by atoms with Gasteiger partial charge in [-0.2, -0.15) is 0 Å². The van der Waals surface area contributed by atoms with Gasteiger partial charge in [0.05, 0.1) is 11.7 Å². The van der Waals surface area contributed by atoms with Crippen molar-refractivity contribution >= 4 is 0 Å². The molecule has 3 nitrogen and oxygen atoms in total. The zero-order valence-corrected chi connectivity index (χ0v) is 12.7. The summed E-state index contributed by atoms with van der Waals surface area (Å²) < 4.78 is 5.95. The summed E-state index contributed by atoms with van der Waals surface area (Å²) in [7, 11) is 0. The molecule has 1 saturated heterocycles. The van der Waals surface area contributed by atoms with Gasteiger partial charge in [-0.25, -0.2) is 0 Å². The molecule has 1 aliphatic heterocycles. The number of hydrogen-bond acceptors (Lipinski definition) is 3. The molecular weight excluding hydrogens is 262 g/mol. The second kappa shape index (κ2) is 4.80. The Bertz CT molecular complexity index is 509. The van der Waals surface area contributed by atoms with E-state index in [4.69, 9.17) is 4.74 Å². The first-order chi connectivity index (χ1) is 10.1. The lowest BCUT2D eigenvalue weighted by Gasteiger charge is -2.63. The molecule has 3 aliphatic rings. The largest absolute Gasteiger partial charge is 0.384 e. The molecule has 0 amide bonds. The van der Waals surface area contributed by atoms with Gasteiger partial charge < -0.3 is 15.2 Å². The molecule has 114 valence electrons. The molecule has 1 aromatic rings.